The molecule has 0 saturated carbocycles. The average Bonchev–Trinajstić information content (AvgIpc) is 2.83. The molecule has 1 aromatic carbocycles. The summed E-state index contributed by atoms with van der Waals surface area (Å²) in [5, 5.41) is 13.6. The van der Waals surface area contributed by atoms with E-state index >= 15 is 0 Å². The standard InChI is InChI=1S/C12H15N3O4S/c1-19-7-6-15-9-10(8-13-15)14-20(17,18)12-5-3-2-4-11(12)16/h2-5,8-9,14,16H,6-7H2,1H3. The van der Waals surface area contributed by atoms with Crippen LogP contribution in [0.5, 0.6) is 5.75 Å². The highest BCUT2D eigenvalue weighted by molar-refractivity contribution is 7.92. The molecule has 0 bridgehead atoms. The summed E-state index contributed by atoms with van der Waals surface area (Å²) in [5.41, 5.74) is 0.323. The molecule has 0 aliphatic heterocycles. The molecule has 1 aromatic heterocycles. The Morgan fingerprint density at radius 2 is 2.15 bits per heavy atom. The van der Waals surface area contributed by atoms with Gasteiger partial charge in [-0.05, 0) is 12.1 Å². The number of aromatic nitrogens is 2. The first-order valence-corrected chi connectivity index (χ1v) is 7.33. The number of anilines is 1. The Morgan fingerprint density at radius 1 is 1.40 bits per heavy atom. The zero-order valence-electron chi connectivity index (χ0n) is 10.9. The molecule has 2 rings (SSSR count). The third kappa shape index (κ3) is 3.28. The number of benzene rings is 1. The summed E-state index contributed by atoms with van der Waals surface area (Å²) in [6.45, 7) is 1.00. The second-order valence-electron chi connectivity index (χ2n) is 4.06. The molecular weight excluding hydrogens is 282 g/mol. The van der Waals surface area contributed by atoms with Crippen LogP contribution in [0.15, 0.2) is 41.6 Å². The Morgan fingerprint density at radius 3 is 2.85 bits per heavy atom. The van der Waals surface area contributed by atoms with E-state index in [-0.39, 0.29) is 10.6 Å². The molecule has 8 heteroatoms. The van der Waals surface area contributed by atoms with Gasteiger partial charge in [0.05, 0.1) is 25.0 Å². The number of nitrogens with zero attached hydrogens (tertiary/aromatic N) is 2. The van der Waals surface area contributed by atoms with E-state index < -0.39 is 10.0 Å². The van der Waals surface area contributed by atoms with Crippen molar-refractivity contribution in [2.24, 2.45) is 0 Å². The van der Waals surface area contributed by atoms with Crippen molar-refractivity contribution in [2.75, 3.05) is 18.4 Å². The fourth-order valence-electron chi connectivity index (χ4n) is 1.62. The van der Waals surface area contributed by atoms with Gasteiger partial charge in [-0.2, -0.15) is 5.10 Å². The molecule has 7 nitrogen and oxygen atoms in total. The number of methoxy groups -OCH3 is 1. The van der Waals surface area contributed by atoms with E-state index in [4.69, 9.17) is 4.74 Å². The van der Waals surface area contributed by atoms with Gasteiger partial charge in [0.25, 0.3) is 10.0 Å². The molecule has 1 heterocycles. The predicted octanol–water partition coefficient (Wildman–Crippen LogP) is 1.04. The zero-order chi connectivity index (χ0) is 14.6. The van der Waals surface area contributed by atoms with Gasteiger partial charge in [0.15, 0.2) is 0 Å². The Labute approximate surface area is 116 Å². The van der Waals surface area contributed by atoms with E-state index in [1.54, 1.807) is 24.1 Å². The fourth-order valence-corrected chi connectivity index (χ4v) is 2.74. The molecule has 20 heavy (non-hydrogen) atoms. The van der Waals surface area contributed by atoms with Gasteiger partial charge < -0.3 is 9.84 Å². The van der Waals surface area contributed by atoms with Crippen LogP contribution in [0.2, 0.25) is 0 Å². The smallest absolute Gasteiger partial charge is 0.265 e. The maximum Gasteiger partial charge on any atom is 0.265 e. The van der Waals surface area contributed by atoms with Gasteiger partial charge in [0, 0.05) is 13.3 Å². The van der Waals surface area contributed by atoms with Crippen molar-refractivity contribution in [3.8, 4) is 5.75 Å². The quantitative estimate of drug-likeness (QED) is 0.831. The van der Waals surface area contributed by atoms with E-state index in [2.05, 4.69) is 9.82 Å². The van der Waals surface area contributed by atoms with Crippen molar-refractivity contribution in [2.45, 2.75) is 11.4 Å². The highest BCUT2D eigenvalue weighted by Gasteiger charge is 2.18. The van der Waals surface area contributed by atoms with Crippen molar-refractivity contribution in [1.29, 1.82) is 0 Å². The third-order valence-electron chi connectivity index (χ3n) is 2.56. The van der Waals surface area contributed by atoms with E-state index in [0.29, 0.717) is 18.8 Å². The van der Waals surface area contributed by atoms with Gasteiger partial charge in [0.2, 0.25) is 0 Å². The lowest BCUT2D eigenvalue weighted by molar-refractivity contribution is 0.183. The second kappa shape index (κ2) is 5.93. The van der Waals surface area contributed by atoms with Crippen molar-refractivity contribution in [3.63, 3.8) is 0 Å². The minimum atomic E-state index is -3.84. The van der Waals surface area contributed by atoms with Gasteiger partial charge >= 0.3 is 0 Å². The lowest BCUT2D eigenvalue weighted by Crippen LogP contribution is -2.12. The number of nitrogens with one attached hydrogen (secondary N) is 1. The Hall–Kier alpha value is -2.06. The Kier molecular flexibility index (Phi) is 4.26. The summed E-state index contributed by atoms with van der Waals surface area (Å²) in [4.78, 5) is -0.176. The van der Waals surface area contributed by atoms with E-state index in [1.807, 2.05) is 0 Å². The molecular formula is C12H15N3O4S. The van der Waals surface area contributed by atoms with E-state index in [1.165, 1.54) is 24.4 Å². The molecule has 0 spiro atoms. The normalized spacial score (nSPS) is 11.4. The number of rotatable bonds is 6. The van der Waals surface area contributed by atoms with Crippen LogP contribution >= 0.6 is 0 Å². The molecule has 0 aliphatic rings. The Bertz CT molecular complexity index is 682. The van der Waals surface area contributed by atoms with E-state index in [9.17, 15) is 13.5 Å². The summed E-state index contributed by atoms with van der Waals surface area (Å²) in [6.07, 6.45) is 2.95. The maximum atomic E-state index is 12.1. The monoisotopic (exact) mass is 297 g/mol. The topological polar surface area (TPSA) is 93.5 Å². The molecule has 2 N–H and O–H groups in total. The summed E-state index contributed by atoms with van der Waals surface area (Å²) in [7, 11) is -2.26. The first-order chi connectivity index (χ1) is 9.53. The van der Waals surface area contributed by atoms with Crippen LogP contribution in [0, 0.1) is 0 Å². The number of para-hydroxylation sites is 1. The molecule has 0 fully saturated rings. The van der Waals surface area contributed by atoms with Crippen LogP contribution < -0.4 is 4.72 Å². The van der Waals surface area contributed by atoms with Gasteiger partial charge in [0.1, 0.15) is 10.6 Å². The number of phenols is 1. The lowest BCUT2D eigenvalue weighted by atomic mass is 10.3. The SMILES string of the molecule is COCCn1cc(NS(=O)(=O)c2ccccc2O)cn1. The molecule has 0 unspecified atom stereocenters. The molecule has 0 atom stereocenters. The fraction of sp³-hybridized carbons (Fsp3) is 0.250. The highest BCUT2D eigenvalue weighted by Crippen LogP contribution is 2.23. The van der Waals surface area contributed by atoms with Crippen LogP contribution in [-0.2, 0) is 21.3 Å². The number of aromatic hydroxyl groups is 1. The summed E-state index contributed by atoms with van der Waals surface area (Å²) >= 11 is 0. The zero-order valence-corrected chi connectivity index (χ0v) is 11.7. The molecule has 0 aliphatic carbocycles. The molecule has 2 aromatic rings. The van der Waals surface area contributed by atoms with Crippen LogP contribution in [0.3, 0.4) is 0 Å². The van der Waals surface area contributed by atoms with Crippen LogP contribution in [0.25, 0.3) is 0 Å². The van der Waals surface area contributed by atoms with Crippen LogP contribution in [-0.4, -0.2) is 37.0 Å². The minimum Gasteiger partial charge on any atom is -0.507 e. The van der Waals surface area contributed by atoms with Crippen molar-refractivity contribution < 1.29 is 18.3 Å². The Balaban J connectivity index is 2.16. The third-order valence-corrected chi connectivity index (χ3v) is 3.99. The van der Waals surface area contributed by atoms with Crippen LogP contribution in [0.1, 0.15) is 0 Å². The number of hydrogen-bond acceptors (Lipinski definition) is 5. The van der Waals surface area contributed by atoms with Crippen molar-refractivity contribution in [1.82, 2.24) is 9.78 Å². The maximum absolute atomic E-state index is 12.1. The first-order valence-electron chi connectivity index (χ1n) is 5.85. The van der Waals surface area contributed by atoms with Gasteiger partial charge in [-0.1, -0.05) is 12.1 Å². The van der Waals surface area contributed by atoms with Gasteiger partial charge in [-0.25, -0.2) is 8.42 Å². The molecule has 0 amide bonds. The van der Waals surface area contributed by atoms with Crippen molar-refractivity contribution >= 4 is 15.7 Å². The number of phenolic OH excluding ortho intramolecular Hbond substituents is 1. The summed E-state index contributed by atoms with van der Waals surface area (Å²) < 4.78 is 33.1. The largest absolute Gasteiger partial charge is 0.507 e. The predicted molar refractivity (Wildman–Crippen MR) is 73.0 cm³/mol. The van der Waals surface area contributed by atoms with Crippen molar-refractivity contribution in [3.05, 3.63) is 36.7 Å². The van der Waals surface area contributed by atoms with Gasteiger partial charge in [-0.15, -0.1) is 0 Å². The number of ether oxygens (including phenoxy) is 1. The second-order valence-corrected chi connectivity index (χ2v) is 5.71. The molecule has 0 radical (unpaired) electrons. The number of sulfonamides is 1. The molecule has 0 saturated heterocycles. The minimum absolute atomic E-state index is 0.176. The summed E-state index contributed by atoms with van der Waals surface area (Å²) in [6, 6.07) is 5.73. The van der Waals surface area contributed by atoms with Gasteiger partial charge in [-0.3, -0.25) is 9.40 Å². The average molecular weight is 297 g/mol. The summed E-state index contributed by atoms with van der Waals surface area (Å²) in [5.74, 6) is -0.299. The first kappa shape index (κ1) is 14.4. The molecule has 108 valence electrons. The van der Waals surface area contributed by atoms with E-state index in [0.717, 1.165) is 0 Å². The number of hydrogen-bond donors (Lipinski definition) is 2. The lowest BCUT2D eigenvalue weighted by Gasteiger charge is -2.07. The highest BCUT2D eigenvalue weighted by atomic mass is 32.2. The van der Waals surface area contributed by atoms with Crippen LogP contribution in [0.4, 0.5) is 5.69 Å².